The number of sulfonamides is 1. The summed E-state index contributed by atoms with van der Waals surface area (Å²) in [6.07, 6.45) is 2.20. The third-order valence-corrected chi connectivity index (χ3v) is 6.85. The molecule has 1 aliphatic heterocycles. The fourth-order valence-electron chi connectivity index (χ4n) is 3.85. The zero-order valence-electron chi connectivity index (χ0n) is 16.7. The SMILES string of the molecule is COc1cccc(C(CNS(=O)(=O)c2ccc3oc(=O)ccc3c2)N2CCCC2)c1. The highest BCUT2D eigenvalue weighted by atomic mass is 32.2. The molecule has 1 saturated heterocycles. The van der Waals surface area contributed by atoms with E-state index in [-0.39, 0.29) is 17.5 Å². The van der Waals surface area contributed by atoms with Crippen LogP contribution < -0.4 is 15.1 Å². The molecule has 1 N–H and O–H groups in total. The van der Waals surface area contributed by atoms with Gasteiger partial charge in [-0.25, -0.2) is 17.9 Å². The van der Waals surface area contributed by atoms with Gasteiger partial charge in [-0.05, 0) is 67.9 Å². The molecule has 0 bridgehead atoms. The minimum atomic E-state index is -3.74. The predicted molar refractivity (Wildman–Crippen MR) is 114 cm³/mol. The Kier molecular flexibility index (Phi) is 5.90. The van der Waals surface area contributed by atoms with E-state index in [1.54, 1.807) is 13.2 Å². The van der Waals surface area contributed by atoms with Crippen LogP contribution >= 0.6 is 0 Å². The van der Waals surface area contributed by atoms with Crippen LogP contribution in [0.1, 0.15) is 24.4 Å². The van der Waals surface area contributed by atoms with Crippen LogP contribution in [0, 0.1) is 0 Å². The van der Waals surface area contributed by atoms with Crippen LogP contribution in [-0.2, 0) is 10.0 Å². The zero-order chi connectivity index (χ0) is 21.1. The van der Waals surface area contributed by atoms with Gasteiger partial charge in [0.2, 0.25) is 10.0 Å². The van der Waals surface area contributed by atoms with E-state index in [0.29, 0.717) is 11.0 Å². The van der Waals surface area contributed by atoms with Crippen LogP contribution in [0.15, 0.2) is 68.7 Å². The van der Waals surface area contributed by atoms with Crippen LogP contribution in [0.5, 0.6) is 5.75 Å². The maximum absolute atomic E-state index is 13.0. The van der Waals surface area contributed by atoms with Gasteiger partial charge in [0.05, 0.1) is 12.0 Å². The third-order valence-electron chi connectivity index (χ3n) is 5.43. The van der Waals surface area contributed by atoms with Gasteiger partial charge < -0.3 is 9.15 Å². The van der Waals surface area contributed by atoms with Gasteiger partial charge in [0, 0.05) is 24.0 Å². The molecule has 0 amide bonds. The van der Waals surface area contributed by atoms with E-state index in [1.165, 1.54) is 24.3 Å². The number of rotatable bonds is 7. The largest absolute Gasteiger partial charge is 0.497 e. The van der Waals surface area contributed by atoms with Crippen molar-refractivity contribution in [3.05, 3.63) is 70.6 Å². The number of fused-ring (bicyclic) bond motifs is 1. The van der Waals surface area contributed by atoms with Crippen molar-refractivity contribution in [3.8, 4) is 5.75 Å². The monoisotopic (exact) mass is 428 g/mol. The summed E-state index contributed by atoms with van der Waals surface area (Å²) in [5.74, 6) is 0.746. The van der Waals surface area contributed by atoms with E-state index in [1.807, 2.05) is 24.3 Å². The van der Waals surface area contributed by atoms with Crippen LogP contribution in [0.2, 0.25) is 0 Å². The van der Waals surface area contributed by atoms with E-state index in [9.17, 15) is 13.2 Å². The number of nitrogens with one attached hydrogen (secondary N) is 1. The second-order valence-electron chi connectivity index (χ2n) is 7.34. The normalized spacial score (nSPS) is 16.0. The Bertz CT molecular complexity index is 1200. The molecule has 7 nitrogen and oxygen atoms in total. The smallest absolute Gasteiger partial charge is 0.336 e. The zero-order valence-corrected chi connectivity index (χ0v) is 17.5. The van der Waals surface area contributed by atoms with E-state index in [2.05, 4.69) is 9.62 Å². The summed E-state index contributed by atoms with van der Waals surface area (Å²) in [6.45, 7) is 2.11. The molecule has 0 aliphatic carbocycles. The van der Waals surface area contributed by atoms with Crippen LogP contribution in [0.3, 0.4) is 0 Å². The van der Waals surface area contributed by atoms with Crippen molar-refractivity contribution in [3.63, 3.8) is 0 Å². The number of nitrogens with zero attached hydrogens (tertiary/aromatic N) is 1. The molecular formula is C22H24N2O5S. The van der Waals surface area contributed by atoms with Gasteiger partial charge in [-0.3, -0.25) is 4.90 Å². The van der Waals surface area contributed by atoms with Crippen LogP contribution in [-0.4, -0.2) is 40.1 Å². The minimum Gasteiger partial charge on any atom is -0.497 e. The Labute approximate surface area is 175 Å². The second-order valence-corrected chi connectivity index (χ2v) is 9.11. The molecule has 30 heavy (non-hydrogen) atoms. The Morgan fingerprint density at radius 3 is 2.67 bits per heavy atom. The van der Waals surface area contributed by atoms with Crippen LogP contribution in [0.25, 0.3) is 11.0 Å². The molecule has 2 aromatic carbocycles. The van der Waals surface area contributed by atoms with Gasteiger partial charge in [-0.1, -0.05) is 12.1 Å². The fourth-order valence-corrected chi connectivity index (χ4v) is 4.92. The van der Waals surface area contributed by atoms with E-state index >= 15 is 0 Å². The van der Waals surface area contributed by atoms with Crippen molar-refractivity contribution in [2.45, 2.75) is 23.8 Å². The molecule has 4 rings (SSSR count). The third kappa shape index (κ3) is 4.40. The maximum atomic E-state index is 13.0. The molecule has 1 fully saturated rings. The van der Waals surface area contributed by atoms with Crippen molar-refractivity contribution in [1.82, 2.24) is 9.62 Å². The maximum Gasteiger partial charge on any atom is 0.336 e. The standard InChI is InChI=1S/C22H24N2O5S/c1-28-18-6-4-5-16(13-18)20(24-11-2-3-12-24)15-23-30(26,27)19-8-9-21-17(14-19)7-10-22(25)29-21/h4-10,13-14,20,23H,2-3,11-12,15H2,1H3. The number of ether oxygens (including phenoxy) is 1. The van der Waals surface area contributed by atoms with Gasteiger partial charge >= 0.3 is 5.63 Å². The van der Waals surface area contributed by atoms with Gasteiger partial charge in [0.25, 0.3) is 0 Å². The Morgan fingerprint density at radius 1 is 1.10 bits per heavy atom. The Morgan fingerprint density at radius 2 is 1.90 bits per heavy atom. The van der Waals surface area contributed by atoms with Crippen molar-refractivity contribution in [2.24, 2.45) is 0 Å². The molecule has 0 spiro atoms. The summed E-state index contributed by atoms with van der Waals surface area (Å²) in [5, 5.41) is 0.557. The molecule has 158 valence electrons. The fraction of sp³-hybridized carbons (Fsp3) is 0.318. The highest BCUT2D eigenvalue weighted by Crippen LogP contribution is 2.28. The Hall–Kier alpha value is -2.68. The van der Waals surface area contributed by atoms with Crippen molar-refractivity contribution in [1.29, 1.82) is 0 Å². The lowest BCUT2D eigenvalue weighted by Gasteiger charge is -2.28. The highest BCUT2D eigenvalue weighted by Gasteiger charge is 2.26. The van der Waals surface area contributed by atoms with Crippen molar-refractivity contribution >= 4 is 21.0 Å². The van der Waals surface area contributed by atoms with Crippen molar-refractivity contribution in [2.75, 3.05) is 26.7 Å². The summed E-state index contributed by atoms with van der Waals surface area (Å²) >= 11 is 0. The first kappa shape index (κ1) is 20.6. The average Bonchev–Trinajstić information content (AvgIpc) is 3.28. The first-order valence-electron chi connectivity index (χ1n) is 9.88. The molecule has 1 unspecified atom stereocenters. The summed E-state index contributed by atoms with van der Waals surface area (Å²) < 4.78 is 39.1. The highest BCUT2D eigenvalue weighted by molar-refractivity contribution is 7.89. The lowest BCUT2D eigenvalue weighted by Crippen LogP contribution is -2.36. The lowest BCUT2D eigenvalue weighted by atomic mass is 10.1. The number of hydrogen-bond acceptors (Lipinski definition) is 6. The topological polar surface area (TPSA) is 88.8 Å². The van der Waals surface area contributed by atoms with Crippen LogP contribution in [0.4, 0.5) is 0 Å². The number of methoxy groups -OCH3 is 1. The molecule has 2 heterocycles. The Balaban J connectivity index is 1.59. The minimum absolute atomic E-state index is 0.0872. The molecule has 8 heteroatoms. The summed E-state index contributed by atoms with van der Waals surface area (Å²) in [4.78, 5) is 13.8. The van der Waals surface area contributed by atoms with Gasteiger partial charge in [-0.15, -0.1) is 0 Å². The van der Waals surface area contributed by atoms with Gasteiger partial charge in [-0.2, -0.15) is 0 Å². The molecule has 3 aromatic rings. The summed E-state index contributed by atoms with van der Waals surface area (Å²) in [6, 6.07) is 15.0. The summed E-state index contributed by atoms with van der Waals surface area (Å²) in [5.41, 5.74) is 0.898. The van der Waals surface area contributed by atoms with E-state index < -0.39 is 15.6 Å². The molecule has 1 atom stereocenters. The van der Waals surface area contributed by atoms with E-state index in [0.717, 1.165) is 37.2 Å². The average molecular weight is 429 g/mol. The van der Waals surface area contributed by atoms with E-state index in [4.69, 9.17) is 9.15 Å². The number of likely N-dealkylation sites (tertiary alicyclic amines) is 1. The van der Waals surface area contributed by atoms with Gasteiger partial charge in [0.15, 0.2) is 0 Å². The molecule has 0 radical (unpaired) electrons. The number of benzene rings is 2. The molecular weight excluding hydrogens is 404 g/mol. The quantitative estimate of drug-likeness (QED) is 0.582. The first-order valence-corrected chi connectivity index (χ1v) is 11.4. The molecule has 1 aliphatic rings. The number of hydrogen-bond donors (Lipinski definition) is 1. The summed E-state index contributed by atoms with van der Waals surface area (Å²) in [7, 11) is -2.12. The lowest BCUT2D eigenvalue weighted by molar-refractivity contribution is 0.246. The van der Waals surface area contributed by atoms with Crippen molar-refractivity contribution < 1.29 is 17.6 Å². The molecule has 0 saturated carbocycles. The first-order chi connectivity index (χ1) is 14.5. The molecule has 1 aromatic heterocycles. The second kappa shape index (κ2) is 8.59. The predicted octanol–water partition coefficient (Wildman–Crippen LogP) is 2.92. The van der Waals surface area contributed by atoms with Gasteiger partial charge in [0.1, 0.15) is 11.3 Å².